The van der Waals surface area contributed by atoms with E-state index in [2.05, 4.69) is 4.98 Å². The smallest absolute Gasteiger partial charge is 0.333 e. The summed E-state index contributed by atoms with van der Waals surface area (Å²) in [7, 11) is 1.60. The average molecular weight is 476 g/mol. The zero-order valence-electron chi connectivity index (χ0n) is 16.1. The van der Waals surface area contributed by atoms with Crippen molar-refractivity contribution >= 4 is 57.0 Å². The van der Waals surface area contributed by atoms with Crippen molar-refractivity contribution in [2.24, 2.45) is 0 Å². The van der Waals surface area contributed by atoms with E-state index < -0.39 is 11.2 Å². The predicted octanol–water partition coefficient (Wildman–Crippen LogP) is 3.82. The molecule has 0 saturated carbocycles. The number of aliphatic hydroxyl groups is 1. The molecular weight excluding hydrogens is 461 g/mol. The molecule has 0 fully saturated rings. The van der Waals surface area contributed by atoms with Crippen LogP contribution in [-0.2, 0) is 6.61 Å². The van der Waals surface area contributed by atoms with Gasteiger partial charge in [-0.1, -0.05) is 35.3 Å². The number of hydrogen-bond donors (Lipinski definition) is 2. The van der Waals surface area contributed by atoms with E-state index in [4.69, 9.17) is 23.2 Å². The van der Waals surface area contributed by atoms with Crippen molar-refractivity contribution in [2.45, 2.75) is 6.61 Å². The number of anilines is 1. The van der Waals surface area contributed by atoms with Gasteiger partial charge in [0.1, 0.15) is 4.34 Å². The number of halogens is 2. The maximum Gasteiger partial charge on any atom is 0.333 e. The molecule has 31 heavy (non-hydrogen) atoms. The SMILES string of the molecule is CN(C(=O)c1cc(-n2c(=O)[nH]c3cccc(CO)c3c2=O)c(Cl)s1)c1ccc(Cl)cc1. The number of aromatic amines is 1. The Kier molecular flexibility index (Phi) is 5.72. The van der Waals surface area contributed by atoms with E-state index >= 15 is 0 Å². The van der Waals surface area contributed by atoms with Crippen LogP contribution in [0.3, 0.4) is 0 Å². The van der Waals surface area contributed by atoms with Crippen molar-refractivity contribution in [2.75, 3.05) is 11.9 Å². The molecule has 0 spiro atoms. The molecule has 0 aliphatic carbocycles. The van der Waals surface area contributed by atoms with Crippen LogP contribution in [0.4, 0.5) is 5.69 Å². The minimum Gasteiger partial charge on any atom is -0.392 e. The summed E-state index contributed by atoms with van der Waals surface area (Å²) in [6.45, 7) is -0.369. The van der Waals surface area contributed by atoms with Crippen LogP contribution in [-0.4, -0.2) is 27.6 Å². The Morgan fingerprint density at radius 1 is 1.16 bits per heavy atom. The van der Waals surface area contributed by atoms with Crippen LogP contribution in [0.15, 0.2) is 58.1 Å². The molecule has 10 heteroatoms. The monoisotopic (exact) mass is 475 g/mol. The Morgan fingerprint density at radius 3 is 2.55 bits per heavy atom. The van der Waals surface area contributed by atoms with Gasteiger partial charge in [-0.05, 0) is 42.0 Å². The number of thiophene rings is 1. The predicted molar refractivity (Wildman–Crippen MR) is 123 cm³/mol. The number of amides is 1. The number of hydrogen-bond acceptors (Lipinski definition) is 5. The van der Waals surface area contributed by atoms with Crippen molar-refractivity contribution < 1.29 is 9.90 Å². The summed E-state index contributed by atoms with van der Waals surface area (Å²) < 4.78 is 0.987. The van der Waals surface area contributed by atoms with Crippen LogP contribution in [0.25, 0.3) is 16.6 Å². The molecule has 0 aliphatic rings. The lowest BCUT2D eigenvalue weighted by atomic mass is 10.1. The number of aliphatic hydroxyl groups excluding tert-OH is 1. The highest BCUT2D eigenvalue weighted by Gasteiger charge is 2.22. The fourth-order valence-corrected chi connectivity index (χ4v) is 4.60. The summed E-state index contributed by atoms with van der Waals surface area (Å²) in [6, 6.07) is 12.9. The lowest BCUT2D eigenvalue weighted by Gasteiger charge is -2.16. The molecule has 4 aromatic rings. The van der Waals surface area contributed by atoms with Gasteiger partial charge in [0.05, 0.1) is 28.1 Å². The van der Waals surface area contributed by atoms with Gasteiger partial charge in [-0.2, -0.15) is 0 Å². The van der Waals surface area contributed by atoms with Crippen molar-refractivity contribution in [1.82, 2.24) is 9.55 Å². The summed E-state index contributed by atoms with van der Waals surface area (Å²) in [6.07, 6.45) is 0. The molecule has 4 rings (SSSR count). The van der Waals surface area contributed by atoms with Crippen LogP contribution in [0.2, 0.25) is 9.36 Å². The lowest BCUT2D eigenvalue weighted by molar-refractivity contribution is 0.0997. The van der Waals surface area contributed by atoms with Crippen molar-refractivity contribution in [3.8, 4) is 5.69 Å². The van der Waals surface area contributed by atoms with E-state index in [1.807, 2.05) is 0 Å². The van der Waals surface area contributed by atoms with E-state index in [9.17, 15) is 19.5 Å². The molecule has 0 atom stereocenters. The van der Waals surface area contributed by atoms with Gasteiger partial charge >= 0.3 is 5.69 Å². The molecule has 2 aromatic carbocycles. The number of H-pyrrole nitrogens is 1. The summed E-state index contributed by atoms with van der Waals surface area (Å²) >= 11 is 13.2. The van der Waals surface area contributed by atoms with E-state index in [-0.39, 0.29) is 32.8 Å². The molecule has 2 heterocycles. The first-order chi connectivity index (χ1) is 14.8. The molecule has 7 nitrogen and oxygen atoms in total. The fraction of sp³-hybridized carbons (Fsp3) is 0.0952. The number of rotatable bonds is 4. The van der Waals surface area contributed by atoms with Gasteiger partial charge in [-0.15, -0.1) is 11.3 Å². The van der Waals surface area contributed by atoms with Crippen LogP contribution in [0.5, 0.6) is 0 Å². The first-order valence-electron chi connectivity index (χ1n) is 9.03. The Hall–Kier alpha value is -2.91. The topological polar surface area (TPSA) is 95.4 Å². The van der Waals surface area contributed by atoms with Gasteiger partial charge in [-0.25, -0.2) is 9.36 Å². The molecule has 0 aliphatic heterocycles. The van der Waals surface area contributed by atoms with Gasteiger partial charge in [-0.3, -0.25) is 9.59 Å². The number of carbonyl (C=O) groups excluding carboxylic acids is 1. The number of benzene rings is 2. The second-order valence-electron chi connectivity index (χ2n) is 6.68. The third-order valence-electron chi connectivity index (χ3n) is 4.82. The van der Waals surface area contributed by atoms with Gasteiger partial charge in [0.2, 0.25) is 0 Å². The number of nitrogens with one attached hydrogen (secondary N) is 1. The Bertz CT molecular complexity index is 1420. The zero-order valence-corrected chi connectivity index (χ0v) is 18.4. The Balaban J connectivity index is 1.82. The molecule has 1 amide bonds. The van der Waals surface area contributed by atoms with Gasteiger partial charge in [0, 0.05) is 17.8 Å². The molecule has 0 bridgehead atoms. The average Bonchev–Trinajstić information content (AvgIpc) is 3.13. The standard InChI is InChI=1S/C21H15Cl2N3O4S/c1-25(13-7-5-12(22)6-8-13)19(28)16-9-15(18(23)31-16)26-20(29)17-11(10-27)3-2-4-14(17)24-21(26)30/h2-9,27H,10H2,1H3,(H,24,30). The molecule has 0 unspecified atom stereocenters. The highest BCUT2D eigenvalue weighted by atomic mass is 35.5. The van der Waals surface area contributed by atoms with Crippen molar-refractivity contribution in [3.63, 3.8) is 0 Å². The van der Waals surface area contributed by atoms with E-state index in [0.717, 1.165) is 15.9 Å². The number of aromatic nitrogens is 2. The summed E-state index contributed by atoms with van der Waals surface area (Å²) in [5, 5.41) is 10.3. The van der Waals surface area contributed by atoms with E-state index in [1.165, 1.54) is 11.0 Å². The van der Waals surface area contributed by atoms with Gasteiger partial charge in [0.25, 0.3) is 11.5 Å². The molecular formula is C21H15Cl2N3O4S. The van der Waals surface area contributed by atoms with E-state index in [1.54, 1.807) is 49.5 Å². The van der Waals surface area contributed by atoms with Gasteiger partial charge < -0.3 is 15.0 Å². The molecule has 0 saturated heterocycles. The zero-order chi connectivity index (χ0) is 22.3. The maximum atomic E-state index is 13.1. The Labute approximate surface area is 189 Å². The third kappa shape index (κ3) is 3.79. The summed E-state index contributed by atoms with van der Waals surface area (Å²) in [5.41, 5.74) is 0.0697. The second-order valence-corrected chi connectivity index (χ2v) is 8.77. The van der Waals surface area contributed by atoms with Gasteiger partial charge in [0.15, 0.2) is 0 Å². The highest BCUT2D eigenvalue weighted by Crippen LogP contribution is 2.31. The van der Waals surface area contributed by atoms with Crippen LogP contribution in [0.1, 0.15) is 15.2 Å². The molecule has 0 radical (unpaired) electrons. The van der Waals surface area contributed by atoms with Crippen LogP contribution < -0.4 is 16.1 Å². The third-order valence-corrected chi connectivity index (χ3v) is 6.40. The summed E-state index contributed by atoms with van der Waals surface area (Å²) in [4.78, 5) is 43.0. The molecule has 158 valence electrons. The first kappa shape index (κ1) is 21.3. The van der Waals surface area contributed by atoms with Crippen LogP contribution in [0, 0.1) is 0 Å². The Morgan fingerprint density at radius 2 is 1.87 bits per heavy atom. The van der Waals surface area contributed by atoms with Crippen molar-refractivity contribution in [1.29, 1.82) is 0 Å². The minimum atomic E-state index is -0.697. The highest BCUT2D eigenvalue weighted by molar-refractivity contribution is 7.18. The van der Waals surface area contributed by atoms with Crippen molar-refractivity contribution in [3.05, 3.63) is 89.2 Å². The largest absolute Gasteiger partial charge is 0.392 e. The quantitative estimate of drug-likeness (QED) is 0.468. The minimum absolute atomic E-state index is 0.0976. The molecule has 2 N–H and O–H groups in total. The number of fused-ring (bicyclic) bond motifs is 1. The number of carbonyl (C=O) groups is 1. The number of nitrogens with zero attached hydrogens (tertiary/aromatic N) is 2. The lowest BCUT2D eigenvalue weighted by Crippen LogP contribution is -2.34. The maximum absolute atomic E-state index is 13.1. The first-order valence-corrected chi connectivity index (χ1v) is 10.6. The van der Waals surface area contributed by atoms with E-state index in [0.29, 0.717) is 21.8 Å². The van der Waals surface area contributed by atoms with Crippen LogP contribution >= 0.6 is 34.5 Å². The fourth-order valence-electron chi connectivity index (χ4n) is 3.25. The summed E-state index contributed by atoms with van der Waals surface area (Å²) in [5.74, 6) is -0.359. The second kappa shape index (κ2) is 8.32. The molecule has 2 aromatic heterocycles. The normalized spacial score (nSPS) is 11.1.